The Balaban J connectivity index is 0.000000770. The number of methoxy groups -OCH3 is 1. The number of ether oxygens (including phenoxy) is 3. The normalized spacial score (nSPS) is 18.1. The van der Waals surface area contributed by atoms with Gasteiger partial charge in [0.1, 0.15) is 5.69 Å². The molecule has 142 heavy (non-hydrogen) atoms. The van der Waals surface area contributed by atoms with Crippen molar-refractivity contribution in [3.8, 4) is 0 Å². The molecule has 14 rings (SSSR count). The van der Waals surface area contributed by atoms with Gasteiger partial charge < -0.3 is 14.2 Å². The van der Waals surface area contributed by atoms with E-state index in [0.717, 1.165) is 86.5 Å². The summed E-state index contributed by atoms with van der Waals surface area (Å²) in [6, 6.07) is 37.2. The van der Waals surface area contributed by atoms with Gasteiger partial charge in [0, 0.05) is 159 Å². The summed E-state index contributed by atoms with van der Waals surface area (Å²) in [4.78, 5) is 29.1. The number of piperidine rings is 1. The zero-order valence-electron chi connectivity index (χ0n) is 96.6. The molecule has 0 spiro atoms. The highest BCUT2D eigenvalue weighted by Crippen LogP contribution is 2.38. The fraction of sp³-hybridized carbons (Fsp3) is 0.672. The molecule has 0 bridgehead atoms. The van der Waals surface area contributed by atoms with Crippen LogP contribution in [-0.2, 0) is 30.4 Å². The van der Waals surface area contributed by atoms with Gasteiger partial charge in [0.05, 0.1) is 44.0 Å². The van der Waals surface area contributed by atoms with E-state index < -0.39 is 21.9 Å². The number of hydrogen-bond donors (Lipinski definition) is 1. The first-order valence-corrected chi connectivity index (χ1v) is 56.6. The summed E-state index contributed by atoms with van der Waals surface area (Å²) in [6.45, 7) is 94.4. The van der Waals surface area contributed by atoms with E-state index in [1.54, 1.807) is 42.6 Å². The van der Waals surface area contributed by atoms with Crippen LogP contribution in [0.1, 0.15) is 406 Å². The second kappa shape index (κ2) is 70.5. The minimum Gasteiger partial charge on any atom is -0.379 e. The standard InChI is InChI=1S/C11H23NO.C10H22N2O2S.C10H19NO.C10H14.C9H11Cl.C9H13N.C9H19N.2C9H13N.C8H17NO.C8H11N.C8H12S.C7H9F3N2.C2H6/c1-9(2)12-8-6-7-10(12)11(3,4)13-5;1-5-15(13,14)11-6-7-12(9(2)3)10(4)8-11;1-8(2)11-5-6-12-7-10(11)9-3-4-9;1-8(2)10-7-5-4-6-9(10)3;1-7(2)8-5-3-4-6-9(8)10;1-7(2)9-6-10-5-4-8(9)3;1-8(2)10-7-5-4-6-9(10)3;2*1-7(2)9-5-4-6-10-8(9)3;1-7(2)9-4-5-10-6-8(9)3;1-7(2)8-4-3-5-9-6-8;1-6(2)8-5-9-4-7(8)3;1-4(2)5-3-11-12-6(5)7(8,9)10;1-2/h9-10H,6-8H2,1-5H3;9-10H,5-8H2,1-4H3;8-10H,3-7H2,1-2H3;4-8H,1-3H3;3-7H,1-2H3;4-7H,1-3H3;8-9H,4-7H2,1-3H3;2*4-7H,1-3H3;7-8H,4-6H2,1-3H3;3-7H,1-2H3;4-6H,1-3H3;3-4H,1-2H3,(H,11,12);1-2H3. The largest absolute Gasteiger partial charge is 0.433 e. The number of thiophene rings is 1. The van der Waals surface area contributed by atoms with Crippen molar-refractivity contribution in [1.82, 2.24) is 58.9 Å². The van der Waals surface area contributed by atoms with Gasteiger partial charge in [0.15, 0.2) is 0 Å². The summed E-state index contributed by atoms with van der Waals surface area (Å²) in [6.07, 6.45) is 17.7. The molecule has 6 aromatic heterocycles. The Morgan fingerprint density at radius 3 is 1.26 bits per heavy atom. The van der Waals surface area contributed by atoms with Gasteiger partial charge in [-0.15, -0.1) is 0 Å². The lowest BCUT2D eigenvalue weighted by Gasteiger charge is -2.41. The highest BCUT2D eigenvalue weighted by Gasteiger charge is 2.40. The number of aromatic nitrogens is 6. The summed E-state index contributed by atoms with van der Waals surface area (Å²) < 4.78 is 77.9. The van der Waals surface area contributed by atoms with Crippen molar-refractivity contribution in [2.45, 2.75) is 435 Å². The quantitative estimate of drug-likeness (QED) is 0.0863. The van der Waals surface area contributed by atoms with Crippen LogP contribution in [0.4, 0.5) is 13.2 Å². The van der Waals surface area contributed by atoms with Crippen molar-refractivity contribution in [1.29, 1.82) is 0 Å². The Kier molecular flexibility index (Phi) is 66.4. The summed E-state index contributed by atoms with van der Waals surface area (Å²) in [5.41, 5.74) is 15.5. The second-order valence-corrected chi connectivity index (χ2v) is 46.1. The monoisotopic (exact) mass is 2040 g/mol. The van der Waals surface area contributed by atoms with E-state index in [2.05, 4.69) is 350 Å². The van der Waals surface area contributed by atoms with E-state index in [1.165, 1.54) is 120 Å². The third kappa shape index (κ3) is 50.5. The average Bonchev–Trinajstić information content (AvgIpc) is 1.57. The molecule has 1 N–H and O–H groups in total. The number of halogens is 4. The van der Waals surface area contributed by atoms with E-state index in [9.17, 15) is 21.6 Å². The molecule has 0 amide bonds. The van der Waals surface area contributed by atoms with Crippen LogP contribution in [0.25, 0.3) is 0 Å². The number of aromatic amines is 1. The molecule has 6 fully saturated rings. The van der Waals surface area contributed by atoms with E-state index >= 15 is 0 Å². The minimum absolute atomic E-state index is 0.000764. The number of rotatable bonds is 18. The molecule has 23 heteroatoms. The number of H-pyrrole nitrogens is 1. The molecule has 5 aliphatic heterocycles. The topological polar surface area (TPSA) is 162 Å². The zero-order valence-corrected chi connectivity index (χ0v) is 98.9. The summed E-state index contributed by atoms with van der Waals surface area (Å²) in [7, 11) is -1.18. The lowest BCUT2D eigenvalue weighted by Crippen LogP contribution is -2.55. The van der Waals surface area contributed by atoms with Crippen molar-refractivity contribution in [2.75, 3.05) is 85.1 Å². The molecular formula is C119H202ClF3N12O5S2. The molecule has 6 aliphatic rings. The van der Waals surface area contributed by atoms with Gasteiger partial charge in [0.25, 0.3) is 0 Å². The molecule has 17 nitrogen and oxygen atoms in total. The van der Waals surface area contributed by atoms with Gasteiger partial charge in [-0.05, 0) is 347 Å². The van der Waals surface area contributed by atoms with E-state index in [0.29, 0.717) is 96.8 Å². The Hall–Kier alpha value is -6.38. The number of piperazine rings is 1. The van der Waals surface area contributed by atoms with Gasteiger partial charge in [-0.2, -0.15) is 33.9 Å². The number of aryl methyl sites for hydroxylation is 5. The molecule has 11 heterocycles. The molecule has 1 aliphatic carbocycles. The van der Waals surface area contributed by atoms with Crippen molar-refractivity contribution < 1.29 is 35.8 Å². The molecule has 0 radical (unpaired) electrons. The Bertz CT molecular complexity index is 4340. The third-order valence-corrected chi connectivity index (χ3v) is 29.9. The molecule has 5 atom stereocenters. The van der Waals surface area contributed by atoms with Crippen molar-refractivity contribution >= 4 is 33.0 Å². The maximum absolute atomic E-state index is 12.2. The number of sulfonamides is 1. The fourth-order valence-corrected chi connectivity index (χ4v) is 20.6. The molecule has 5 unspecified atom stereocenters. The molecule has 2 aromatic carbocycles. The van der Waals surface area contributed by atoms with Crippen LogP contribution in [0.2, 0.25) is 5.02 Å². The van der Waals surface area contributed by atoms with Crippen molar-refractivity contribution in [3.05, 3.63) is 228 Å². The number of morpholine rings is 2. The maximum Gasteiger partial charge on any atom is 0.433 e. The number of nitrogens with zero attached hydrogens (tertiary/aromatic N) is 11. The highest BCUT2D eigenvalue weighted by molar-refractivity contribution is 7.89. The first kappa shape index (κ1) is 134. The van der Waals surface area contributed by atoms with Gasteiger partial charge in [-0.1, -0.05) is 203 Å². The van der Waals surface area contributed by atoms with E-state index in [1.807, 2.05) is 93.4 Å². The summed E-state index contributed by atoms with van der Waals surface area (Å²) in [5, 5.41) is 10.6. The van der Waals surface area contributed by atoms with E-state index in [4.69, 9.17) is 25.8 Å². The fourth-order valence-electron chi connectivity index (χ4n) is 18.1. The molecule has 808 valence electrons. The minimum atomic E-state index is -4.32. The van der Waals surface area contributed by atoms with Crippen LogP contribution in [0.3, 0.4) is 0 Å². The first-order chi connectivity index (χ1) is 66.6. The van der Waals surface area contributed by atoms with E-state index in [-0.39, 0.29) is 22.8 Å². The van der Waals surface area contributed by atoms with Crippen molar-refractivity contribution in [3.63, 3.8) is 0 Å². The number of pyridine rings is 4. The number of benzene rings is 2. The Labute approximate surface area is 875 Å². The Morgan fingerprint density at radius 1 is 0.451 bits per heavy atom. The molecule has 1 saturated carbocycles. The zero-order chi connectivity index (χ0) is 108. The van der Waals surface area contributed by atoms with Crippen LogP contribution < -0.4 is 0 Å². The van der Waals surface area contributed by atoms with Crippen LogP contribution >= 0.6 is 22.9 Å². The predicted molar refractivity (Wildman–Crippen MR) is 605 cm³/mol. The second-order valence-electron chi connectivity index (χ2n) is 42.7. The van der Waals surface area contributed by atoms with Gasteiger partial charge >= 0.3 is 6.18 Å². The average molecular weight is 2040 g/mol. The Morgan fingerprint density at radius 2 is 0.908 bits per heavy atom. The first-order valence-electron chi connectivity index (χ1n) is 53.6. The van der Waals surface area contributed by atoms with Gasteiger partial charge in [-0.25, -0.2) is 8.42 Å². The maximum atomic E-state index is 12.2. The van der Waals surface area contributed by atoms with Gasteiger partial charge in [0.2, 0.25) is 10.0 Å². The lowest BCUT2D eigenvalue weighted by molar-refractivity contribution is -0.141. The number of hydrogen-bond acceptors (Lipinski definition) is 16. The van der Waals surface area contributed by atoms with Crippen LogP contribution in [0.15, 0.2) is 145 Å². The third-order valence-electron chi connectivity index (χ3n) is 26.8. The number of likely N-dealkylation sites (tertiary alicyclic amines) is 2. The summed E-state index contributed by atoms with van der Waals surface area (Å²) in [5.74, 6) is 5.23. The highest BCUT2D eigenvalue weighted by atomic mass is 35.5. The van der Waals surface area contributed by atoms with Crippen LogP contribution in [0.5, 0.6) is 0 Å². The predicted octanol–water partition coefficient (Wildman–Crippen LogP) is 31.0. The van der Waals surface area contributed by atoms with Crippen LogP contribution in [-0.4, -0.2) is 218 Å². The lowest BCUT2D eigenvalue weighted by atomic mass is 9.95. The van der Waals surface area contributed by atoms with Gasteiger partial charge in [-0.3, -0.25) is 49.5 Å². The number of alkyl halides is 3. The molecule has 8 aromatic rings. The van der Waals surface area contributed by atoms with Crippen molar-refractivity contribution in [2.24, 2.45) is 5.92 Å². The smallest absolute Gasteiger partial charge is 0.379 e. The van der Waals surface area contributed by atoms with Crippen LogP contribution in [0, 0.1) is 40.5 Å². The molecule has 5 saturated heterocycles. The number of nitrogens with one attached hydrogen (secondary N) is 1. The SMILES string of the molecule is CC.CC(C)N1CCCCC1C.CC(C)N1CCOCC1C.CC(C)N1CCOCC1C1CC1.CC(C)c1ccccc1Cl.CC(C)c1cccnc1.CC(C)c1cn[nH]c1C(F)(F)F.CCS(=O)(=O)N1CCN(C(C)C)C(C)C1.COC(C)(C)C1CCCN1C(C)C.Cc1ccccc1C(C)C.Cc1ccncc1C(C)C.Cc1cscc1C(C)C.Cc1ncccc1C(C)C.Cc1ncccc1C(C)C. The molecular weight excluding hydrogens is 1830 g/mol. The summed E-state index contributed by atoms with van der Waals surface area (Å²) >= 11 is 7.71.